The minimum atomic E-state index is -1.08. The zero-order valence-electron chi connectivity index (χ0n) is 11.6. The Labute approximate surface area is 133 Å². The van der Waals surface area contributed by atoms with Crippen molar-refractivity contribution in [2.45, 2.75) is 26.6 Å². The summed E-state index contributed by atoms with van der Waals surface area (Å²) < 4.78 is 0. The molecule has 2 aromatic rings. The largest absolute Gasteiger partial charge is 0.508 e. The number of rotatable bonds is 1. The van der Waals surface area contributed by atoms with Gasteiger partial charge >= 0.3 is 23.1 Å². The number of aryl methyl sites for hydroxylation is 1. The van der Waals surface area contributed by atoms with Gasteiger partial charge < -0.3 is 5.11 Å². The van der Waals surface area contributed by atoms with Crippen molar-refractivity contribution in [1.82, 2.24) is 0 Å². The molecule has 1 N–H and O–H groups in total. The first-order valence-electron chi connectivity index (χ1n) is 6.21. The molecule has 0 saturated carbocycles. The van der Waals surface area contributed by atoms with E-state index in [0.717, 1.165) is 0 Å². The number of phenols is 1. The van der Waals surface area contributed by atoms with E-state index in [9.17, 15) is 0 Å². The second-order valence-electron chi connectivity index (χ2n) is 5.40. The van der Waals surface area contributed by atoms with E-state index in [4.69, 9.17) is 5.11 Å². The predicted molar refractivity (Wildman–Crippen MR) is 90.8 cm³/mol. The monoisotopic (exact) mass is 284 g/mol. The summed E-state index contributed by atoms with van der Waals surface area (Å²) in [5.41, 5.74) is 1.45. The van der Waals surface area contributed by atoms with Crippen LogP contribution >= 0.6 is 0 Å². The number of hydrogen-bond donors (Lipinski definition) is 1. The van der Waals surface area contributed by atoms with E-state index in [1.165, 1.54) is 5.56 Å². The maximum Gasteiger partial charge on any atom is 0.316 e. The standard InChI is InChI=1S/C10H16Si.C6H6O.Mg.2H/c1-9-7-5-6-8-10(9)11(2,3)4;7-6-4-2-1-3-5-6;;;/h5-8H,1-4H3;1-5,7H;;;. The van der Waals surface area contributed by atoms with E-state index in [1.807, 2.05) is 6.07 Å². The maximum atomic E-state index is 8.63. The zero-order chi connectivity index (χ0) is 13.6. The summed E-state index contributed by atoms with van der Waals surface area (Å²) in [5, 5.41) is 10.2. The Bertz CT molecular complexity index is 478. The van der Waals surface area contributed by atoms with Crippen molar-refractivity contribution in [2.24, 2.45) is 0 Å². The van der Waals surface area contributed by atoms with Crippen molar-refractivity contribution in [3.8, 4) is 5.75 Å². The molecule has 0 heterocycles. The summed E-state index contributed by atoms with van der Waals surface area (Å²) in [7, 11) is -1.08. The van der Waals surface area contributed by atoms with Crippen molar-refractivity contribution >= 4 is 36.3 Å². The molecule has 2 rings (SSSR count). The molecule has 0 spiro atoms. The van der Waals surface area contributed by atoms with E-state index in [0.29, 0.717) is 5.75 Å². The molecule has 0 atom stereocenters. The molecule has 0 unspecified atom stereocenters. The van der Waals surface area contributed by atoms with Gasteiger partial charge in [0.05, 0.1) is 8.07 Å². The lowest BCUT2D eigenvalue weighted by atomic mass is 10.2. The van der Waals surface area contributed by atoms with Gasteiger partial charge in [-0.25, -0.2) is 0 Å². The Balaban J connectivity index is 0.000000352. The number of benzene rings is 2. The van der Waals surface area contributed by atoms with Crippen LogP contribution in [0.15, 0.2) is 54.6 Å². The first-order valence-corrected chi connectivity index (χ1v) is 9.71. The molecule has 0 aliphatic rings. The van der Waals surface area contributed by atoms with Crippen LogP contribution in [0.3, 0.4) is 0 Å². The minimum absolute atomic E-state index is 0. The molecule has 0 bridgehead atoms. The first-order chi connectivity index (χ1) is 8.41. The summed E-state index contributed by atoms with van der Waals surface area (Å²) >= 11 is 0. The van der Waals surface area contributed by atoms with Crippen LogP contribution in [0.5, 0.6) is 5.75 Å². The third kappa shape index (κ3) is 6.80. The van der Waals surface area contributed by atoms with Gasteiger partial charge in [0.15, 0.2) is 0 Å². The normalized spacial score (nSPS) is 9.89. The van der Waals surface area contributed by atoms with Crippen LogP contribution in [0.4, 0.5) is 0 Å². The Morgan fingerprint density at radius 2 is 1.26 bits per heavy atom. The fourth-order valence-corrected chi connectivity index (χ4v) is 3.70. The average Bonchev–Trinajstić information content (AvgIpc) is 2.30. The first kappa shape index (κ1) is 18.2. The summed E-state index contributed by atoms with van der Waals surface area (Å²) in [6.45, 7) is 9.35. The van der Waals surface area contributed by atoms with Gasteiger partial charge in [-0.15, -0.1) is 0 Å². The topological polar surface area (TPSA) is 20.2 Å². The molecule has 0 radical (unpaired) electrons. The molecule has 0 amide bonds. The molecule has 2 aromatic carbocycles. The van der Waals surface area contributed by atoms with Gasteiger partial charge in [-0.1, -0.05) is 72.9 Å². The van der Waals surface area contributed by atoms with Crippen molar-refractivity contribution in [2.75, 3.05) is 0 Å². The van der Waals surface area contributed by atoms with Crippen molar-refractivity contribution in [3.63, 3.8) is 0 Å². The second-order valence-corrected chi connectivity index (χ2v) is 10.4. The third-order valence-electron chi connectivity index (χ3n) is 2.71. The fraction of sp³-hybridized carbons (Fsp3) is 0.250. The highest BCUT2D eigenvalue weighted by molar-refractivity contribution is 6.89. The number of hydrogen-bond acceptors (Lipinski definition) is 1. The molecule has 3 heteroatoms. The van der Waals surface area contributed by atoms with Gasteiger partial charge in [0.25, 0.3) is 0 Å². The Morgan fingerprint density at radius 3 is 1.58 bits per heavy atom. The predicted octanol–water partition coefficient (Wildman–Crippen LogP) is 3.02. The third-order valence-corrected chi connectivity index (χ3v) is 4.89. The zero-order valence-corrected chi connectivity index (χ0v) is 12.6. The molecular formula is C16H24MgOSi. The highest BCUT2D eigenvalue weighted by Crippen LogP contribution is 2.05. The summed E-state index contributed by atoms with van der Waals surface area (Å²) in [4.78, 5) is 0. The van der Waals surface area contributed by atoms with Crippen LogP contribution in [-0.4, -0.2) is 36.2 Å². The van der Waals surface area contributed by atoms with Crippen LogP contribution in [0, 0.1) is 6.92 Å². The van der Waals surface area contributed by atoms with E-state index in [2.05, 4.69) is 50.8 Å². The van der Waals surface area contributed by atoms with E-state index < -0.39 is 8.07 Å². The molecule has 100 valence electrons. The lowest BCUT2D eigenvalue weighted by Crippen LogP contribution is -2.39. The quantitative estimate of drug-likeness (QED) is 0.798. The minimum Gasteiger partial charge on any atom is -0.508 e. The Hall–Kier alpha value is -0.777. The number of para-hydroxylation sites is 1. The molecule has 0 aliphatic heterocycles. The van der Waals surface area contributed by atoms with Gasteiger partial charge in [0.1, 0.15) is 5.75 Å². The second kappa shape index (κ2) is 8.41. The lowest BCUT2D eigenvalue weighted by molar-refractivity contribution is 0.475. The van der Waals surface area contributed by atoms with Gasteiger partial charge in [0.2, 0.25) is 0 Å². The van der Waals surface area contributed by atoms with Crippen LogP contribution in [0.1, 0.15) is 5.56 Å². The van der Waals surface area contributed by atoms with E-state index in [1.54, 1.807) is 29.5 Å². The fourth-order valence-electron chi connectivity index (χ4n) is 1.84. The molecule has 0 aromatic heterocycles. The summed E-state index contributed by atoms with van der Waals surface area (Å²) in [5.74, 6) is 0.322. The summed E-state index contributed by atoms with van der Waals surface area (Å²) in [6.07, 6.45) is 0. The van der Waals surface area contributed by atoms with Gasteiger partial charge in [0, 0.05) is 0 Å². The SMILES string of the molecule is Cc1ccccc1[Si](C)(C)C.Oc1ccccc1.[MgH2]. The van der Waals surface area contributed by atoms with E-state index in [-0.39, 0.29) is 23.1 Å². The summed E-state index contributed by atoms with van der Waals surface area (Å²) in [6, 6.07) is 17.4. The molecule has 0 aliphatic carbocycles. The van der Waals surface area contributed by atoms with Crippen molar-refractivity contribution in [1.29, 1.82) is 0 Å². The highest BCUT2D eigenvalue weighted by atomic mass is 28.3. The highest BCUT2D eigenvalue weighted by Gasteiger charge is 2.17. The van der Waals surface area contributed by atoms with E-state index >= 15 is 0 Å². The molecule has 0 fully saturated rings. The van der Waals surface area contributed by atoms with Crippen LogP contribution in [0.25, 0.3) is 0 Å². The molecular weight excluding hydrogens is 261 g/mol. The van der Waals surface area contributed by atoms with Crippen LogP contribution in [0.2, 0.25) is 19.6 Å². The number of aromatic hydroxyl groups is 1. The molecule has 1 nitrogen and oxygen atoms in total. The van der Waals surface area contributed by atoms with Gasteiger partial charge in [-0.05, 0) is 19.1 Å². The van der Waals surface area contributed by atoms with Gasteiger partial charge in [-0.2, -0.15) is 0 Å². The Kier molecular flexibility index (Phi) is 8.06. The van der Waals surface area contributed by atoms with Crippen LogP contribution < -0.4 is 5.19 Å². The lowest BCUT2D eigenvalue weighted by Gasteiger charge is -2.18. The van der Waals surface area contributed by atoms with Crippen LogP contribution in [-0.2, 0) is 0 Å². The van der Waals surface area contributed by atoms with Crippen molar-refractivity contribution in [3.05, 3.63) is 60.2 Å². The maximum absolute atomic E-state index is 8.63. The number of phenolic OH excluding ortho intramolecular Hbond substituents is 1. The van der Waals surface area contributed by atoms with Crippen molar-refractivity contribution < 1.29 is 5.11 Å². The van der Waals surface area contributed by atoms with Gasteiger partial charge in [-0.3, -0.25) is 0 Å². The molecule has 19 heavy (non-hydrogen) atoms. The molecule has 0 saturated heterocycles. The smallest absolute Gasteiger partial charge is 0.316 e. The average molecular weight is 285 g/mol. The Morgan fingerprint density at radius 1 is 0.789 bits per heavy atom.